The van der Waals surface area contributed by atoms with Gasteiger partial charge in [-0.1, -0.05) is 12.1 Å². The van der Waals surface area contributed by atoms with E-state index in [-0.39, 0.29) is 0 Å². The highest BCUT2D eigenvalue weighted by Crippen LogP contribution is 2.14. The Hall–Kier alpha value is -1.81. The van der Waals surface area contributed by atoms with Crippen molar-refractivity contribution in [2.75, 3.05) is 6.67 Å². The molecule has 4 nitrogen and oxygen atoms in total. The van der Waals surface area contributed by atoms with E-state index in [2.05, 4.69) is 45.1 Å². The van der Waals surface area contributed by atoms with Crippen LogP contribution in [-0.2, 0) is 0 Å². The molecule has 0 aliphatic carbocycles. The van der Waals surface area contributed by atoms with Crippen LogP contribution in [0.25, 0.3) is 10.9 Å². The molecule has 2 heterocycles. The van der Waals surface area contributed by atoms with Crippen molar-refractivity contribution in [2.45, 2.75) is 0 Å². The van der Waals surface area contributed by atoms with Crippen molar-refractivity contribution in [1.29, 1.82) is 0 Å². The summed E-state index contributed by atoms with van der Waals surface area (Å²) in [6.07, 6.45) is 1.94. The van der Waals surface area contributed by atoms with Gasteiger partial charge in [-0.05, 0) is 17.5 Å². The van der Waals surface area contributed by atoms with E-state index in [1.807, 2.05) is 6.20 Å². The van der Waals surface area contributed by atoms with E-state index in [0.717, 1.165) is 16.9 Å². The van der Waals surface area contributed by atoms with Crippen LogP contribution in [0.2, 0.25) is 0 Å². The number of aliphatic imine (C=N–C) groups is 1. The standard InChI is InChI=1S/C10H10N4/c1-2-8(10-12-6-13-14-10)5-9-7(1)3-4-11-9/h1-5,11,13H,6H2,(H,12,14). The van der Waals surface area contributed by atoms with E-state index in [1.165, 1.54) is 5.39 Å². The maximum absolute atomic E-state index is 4.28. The van der Waals surface area contributed by atoms with Gasteiger partial charge in [-0.2, -0.15) is 0 Å². The number of hydrazine groups is 1. The third-order valence-electron chi connectivity index (χ3n) is 2.35. The molecule has 3 N–H and O–H groups in total. The molecule has 3 rings (SSSR count). The van der Waals surface area contributed by atoms with Crippen LogP contribution in [0.5, 0.6) is 0 Å². The first-order valence-corrected chi connectivity index (χ1v) is 4.54. The summed E-state index contributed by atoms with van der Waals surface area (Å²) in [7, 11) is 0. The summed E-state index contributed by atoms with van der Waals surface area (Å²) < 4.78 is 0. The van der Waals surface area contributed by atoms with Gasteiger partial charge < -0.3 is 10.4 Å². The third-order valence-corrected chi connectivity index (χ3v) is 2.35. The van der Waals surface area contributed by atoms with Crippen LogP contribution in [0.4, 0.5) is 0 Å². The minimum absolute atomic E-state index is 0.637. The number of amidine groups is 1. The van der Waals surface area contributed by atoms with Crippen LogP contribution in [0.3, 0.4) is 0 Å². The van der Waals surface area contributed by atoms with E-state index in [4.69, 9.17) is 0 Å². The molecule has 4 heteroatoms. The second-order valence-corrected chi connectivity index (χ2v) is 3.25. The van der Waals surface area contributed by atoms with Crippen molar-refractivity contribution in [2.24, 2.45) is 4.99 Å². The maximum atomic E-state index is 4.28. The van der Waals surface area contributed by atoms with Gasteiger partial charge in [0.2, 0.25) is 0 Å². The Balaban J connectivity index is 2.13. The SMILES string of the molecule is c1cc2ccc(C3=NCNN3)cc2[nH]1. The molecule has 70 valence electrons. The van der Waals surface area contributed by atoms with Crippen LogP contribution >= 0.6 is 0 Å². The molecule has 0 amide bonds. The van der Waals surface area contributed by atoms with Gasteiger partial charge in [0, 0.05) is 17.3 Å². The van der Waals surface area contributed by atoms with Crippen LogP contribution in [0.15, 0.2) is 35.5 Å². The van der Waals surface area contributed by atoms with E-state index < -0.39 is 0 Å². The number of nitrogens with zero attached hydrogens (tertiary/aromatic N) is 1. The number of benzene rings is 1. The fourth-order valence-corrected chi connectivity index (χ4v) is 1.64. The number of rotatable bonds is 1. The van der Waals surface area contributed by atoms with Gasteiger partial charge in [0.25, 0.3) is 0 Å². The molecular weight excluding hydrogens is 176 g/mol. The Labute approximate surface area is 81.0 Å². The largest absolute Gasteiger partial charge is 0.361 e. The molecule has 0 atom stereocenters. The first-order valence-electron chi connectivity index (χ1n) is 4.54. The summed E-state index contributed by atoms with van der Waals surface area (Å²) in [6.45, 7) is 0.637. The summed E-state index contributed by atoms with van der Waals surface area (Å²) in [5.41, 5.74) is 8.20. The van der Waals surface area contributed by atoms with Crippen LogP contribution in [-0.4, -0.2) is 17.5 Å². The number of fused-ring (bicyclic) bond motifs is 1. The molecule has 14 heavy (non-hydrogen) atoms. The summed E-state index contributed by atoms with van der Waals surface area (Å²) in [6, 6.07) is 8.30. The highest BCUT2D eigenvalue weighted by atomic mass is 15.5. The summed E-state index contributed by atoms with van der Waals surface area (Å²) in [4.78, 5) is 7.46. The Morgan fingerprint density at radius 3 is 3.07 bits per heavy atom. The molecule has 0 saturated carbocycles. The quantitative estimate of drug-likeness (QED) is 0.621. The second kappa shape index (κ2) is 2.85. The molecular formula is C10H10N4. The molecule has 0 bridgehead atoms. The van der Waals surface area contributed by atoms with Gasteiger partial charge in [-0.15, -0.1) is 0 Å². The zero-order valence-corrected chi connectivity index (χ0v) is 7.54. The number of aromatic nitrogens is 1. The highest BCUT2D eigenvalue weighted by Gasteiger charge is 2.07. The lowest BCUT2D eigenvalue weighted by molar-refractivity contribution is 0.727. The number of aromatic amines is 1. The van der Waals surface area contributed by atoms with Gasteiger partial charge in [-0.3, -0.25) is 0 Å². The molecule has 1 aliphatic heterocycles. The number of hydrogen-bond donors (Lipinski definition) is 3. The number of H-pyrrole nitrogens is 1. The average Bonchev–Trinajstić information content (AvgIpc) is 2.88. The number of hydrogen-bond acceptors (Lipinski definition) is 3. The van der Waals surface area contributed by atoms with Crippen molar-refractivity contribution in [3.05, 3.63) is 36.0 Å². The molecule has 1 aromatic heterocycles. The van der Waals surface area contributed by atoms with Gasteiger partial charge in [0.15, 0.2) is 0 Å². The lowest BCUT2D eigenvalue weighted by Crippen LogP contribution is -2.30. The fraction of sp³-hybridized carbons (Fsp3) is 0.100. The smallest absolute Gasteiger partial charge is 0.144 e. The third kappa shape index (κ3) is 1.08. The molecule has 0 saturated heterocycles. The Bertz CT molecular complexity index is 498. The molecule has 0 radical (unpaired) electrons. The van der Waals surface area contributed by atoms with Crippen molar-refractivity contribution in [3.63, 3.8) is 0 Å². The van der Waals surface area contributed by atoms with E-state index >= 15 is 0 Å². The van der Waals surface area contributed by atoms with Crippen molar-refractivity contribution in [3.8, 4) is 0 Å². The predicted molar refractivity (Wildman–Crippen MR) is 56.0 cm³/mol. The highest BCUT2D eigenvalue weighted by molar-refractivity contribution is 6.01. The first-order chi connectivity index (χ1) is 6.93. The minimum atomic E-state index is 0.637. The van der Waals surface area contributed by atoms with Crippen molar-refractivity contribution in [1.82, 2.24) is 15.8 Å². The molecule has 1 aromatic carbocycles. The van der Waals surface area contributed by atoms with Crippen molar-refractivity contribution < 1.29 is 0 Å². The first kappa shape index (κ1) is 7.58. The van der Waals surface area contributed by atoms with Crippen LogP contribution in [0.1, 0.15) is 5.56 Å². The fourth-order valence-electron chi connectivity index (χ4n) is 1.64. The van der Waals surface area contributed by atoms with E-state index in [0.29, 0.717) is 6.67 Å². The molecule has 0 spiro atoms. The van der Waals surface area contributed by atoms with Gasteiger partial charge in [0.1, 0.15) is 12.5 Å². The Morgan fingerprint density at radius 2 is 2.21 bits per heavy atom. The van der Waals surface area contributed by atoms with Crippen molar-refractivity contribution >= 4 is 16.7 Å². The minimum Gasteiger partial charge on any atom is -0.361 e. The summed E-state index contributed by atoms with van der Waals surface area (Å²) in [5, 5.41) is 1.22. The molecule has 0 fully saturated rings. The monoisotopic (exact) mass is 186 g/mol. The zero-order valence-electron chi connectivity index (χ0n) is 7.54. The van der Waals surface area contributed by atoms with E-state index in [9.17, 15) is 0 Å². The van der Waals surface area contributed by atoms with Gasteiger partial charge in [0.05, 0.1) is 0 Å². The Kier molecular flexibility index (Phi) is 1.54. The van der Waals surface area contributed by atoms with E-state index in [1.54, 1.807) is 0 Å². The Morgan fingerprint density at radius 1 is 1.21 bits per heavy atom. The lowest BCUT2D eigenvalue weighted by atomic mass is 10.1. The van der Waals surface area contributed by atoms with Crippen LogP contribution in [0, 0.1) is 0 Å². The summed E-state index contributed by atoms with van der Waals surface area (Å²) in [5.74, 6) is 0.904. The summed E-state index contributed by atoms with van der Waals surface area (Å²) >= 11 is 0. The molecule has 0 unspecified atom stereocenters. The van der Waals surface area contributed by atoms with Gasteiger partial charge in [-0.25, -0.2) is 10.4 Å². The average molecular weight is 186 g/mol. The van der Waals surface area contributed by atoms with Gasteiger partial charge >= 0.3 is 0 Å². The number of nitrogens with one attached hydrogen (secondary N) is 3. The lowest BCUT2D eigenvalue weighted by Gasteiger charge is -2.01. The normalized spacial score (nSPS) is 15.6. The molecule has 1 aliphatic rings. The molecule has 2 aromatic rings. The van der Waals surface area contributed by atoms with Crippen LogP contribution < -0.4 is 10.9 Å². The predicted octanol–water partition coefficient (Wildman–Crippen LogP) is 0.980. The zero-order chi connectivity index (χ0) is 9.38. The topological polar surface area (TPSA) is 52.2 Å². The second-order valence-electron chi connectivity index (χ2n) is 3.25. The maximum Gasteiger partial charge on any atom is 0.144 e.